The molecule has 2 nitrogen and oxygen atoms in total. The molecule has 0 spiro atoms. The van der Waals surface area contributed by atoms with E-state index < -0.39 is 0 Å². The normalized spacial score (nSPS) is 10.3. The Kier molecular flexibility index (Phi) is 4.79. The Morgan fingerprint density at radius 1 is 1.06 bits per heavy atom. The Morgan fingerprint density at radius 2 is 1.83 bits per heavy atom. The number of benzene rings is 2. The molecular formula is C15H16BrNO. The van der Waals surface area contributed by atoms with Crippen LogP contribution in [0.5, 0.6) is 5.75 Å². The van der Waals surface area contributed by atoms with Gasteiger partial charge in [-0.1, -0.05) is 36.4 Å². The average Bonchev–Trinajstić information content (AvgIpc) is 2.39. The highest BCUT2D eigenvalue weighted by atomic mass is 79.9. The predicted molar refractivity (Wildman–Crippen MR) is 77.7 cm³/mol. The molecule has 0 radical (unpaired) electrons. The summed E-state index contributed by atoms with van der Waals surface area (Å²) < 4.78 is 6.77. The van der Waals surface area contributed by atoms with Gasteiger partial charge in [-0.3, -0.25) is 0 Å². The van der Waals surface area contributed by atoms with Gasteiger partial charge >= 0.3 is 0 Å². The molecule has 0 saturated heterocycles. The van der Waals surface area contributed by atoms with Gasteiger partial charge in [-0.25, -0.2) is 0 Å². The topological polar surface area (TPSA) is 21.3 Å². The predicted octanol–water partition coefficient (Wildman–Crippen LogP) is 3.75. The van der Waals surface area contributed by atoms with Gasteiger partial charge in [0.15, 0.2) is 0 Å². The first-order valence-corrected chi connectivity index (χ1v) is 6.68. The van der Waals surface area contributed by atoms with E-state index in [-0.39, 0.29) is 0 Å². The number of hydrogen-bond acceptors (Lipinski definition) is 2. The standard InChI is InChI=1S/C15H16BrNO/c1-17-10-12-5-4-6-13(9-12)11-18-15-8-3-2-7-14(15)16/h2-9,17H,10-11H2,1H3. The van der Waals surface area contributed by atoms with Gasteiger partial charge in [-0.05, 0) is 46.2 Å². The van der Waals surface area contributed by atoms with E-state index in [4.69, 9.17) is 4.74 Å². The number of nitrogens with one attached hydrogen (secondary N) is 1. The fraction of sp³-hybridized carbons (Fsp3) is 0.200. The lowest BCUT2D eigenvalue weighted by Crippen LogP contribution is -2.05. The van der Waals surface area contributed by atoms with Crippen molar-refractivity contribution in [3.63, 3.8) is 0 Å². The van der Waals surface area contributed by atoms with Gasteiger partial charge in [0.2, 0.25) is 0 Å². The van der Waals surface area contributed by atoms with Gasteiger partial charge in [0.25, 0.3) is 0 Å². The molecule has 0 unspecified atom stereocenters. The van der Waals surface area contributed by atoms with Crippen LogP contribution in [0.4, 0.5) is 0 Å². The summed E-state index contributed by atoms with van der Waals surface area (Å²) in [6, 6.07) is 16.3. The summed E-state index contributed by atoms with van der Waals surface area (Å²) in [4.78, 5) is 0. The number of para-hydroxylation sites is 1. The minimum Gasteiger partial charge on any atom is -0.488 e. The molecule has 0 heterocycles. The molecule has 0 aromatic heterocycles. The lowest BCUT2D eigenvalue weighted by molar-refractivity contribution is 0.304. The maximum absolute atomic E-state index is 5.79. The molecule has 1 N–H and O–H groups in total. The molecule has 0 fully saturated rings. The van der Waals surface area contributed by atoms with E-state index in [2.05, 4.69) is 45.5 Å². The summed E-state index contributed by atoms with van der Waals surface area (Å²) >= 11 is 3.47. The maximum atomic E-state index is 5.79. The van der Waals surface area contributed by atoms with Gasteiger partial charge in [0, 0.05) is 6.54 Å². The van der Waals surface area contributed by atoms with Crippen LogP contribution in [0.15, 0.2) is 53.0 Å². The quantitative estimate of drug-likeness (QED) is 0.908. The van der Waals surface area contributed by atoms with E-state index in [0.717, 1.165) is 16.8 Å². The minimum absolute atomic E-state index is 0.583. The maximum Gasteiger partial charge on any atom is 0.133 e. The minimum atomic E-state index is 0.583. The highest BCUT2D eigenvalue weighted by Crippen LogP contribution is 2.24. The van der Waals surface area contributed by atoms with Crippen molar-refractivity contribution in [1.29, 1.82) is 0 Å². The molecule has 0 amide bonds. The number of rotatable bonds is 5. The van der Waals surface area contributed by atoms with E-state index in [1.54, 1.807) is 0 Å². The third kappa shape index (κ3) is 3.59. The zero-order valence-electron chi connectivity index (χ0n) is 10.3. The summed E-state index contributed by atoms with van der Waals surface area (Å²) in [7, 11) is 1.95. The van der Waals surface area contributed by atoms with Gasteiger partial charge in [-0.2, -0.15) is 0 Å². The largest absolute Gasteiger partial charge is 0.488 e. The molecule has 18 heavy (non-hydrogen) atoms. The lowest BCUT2D eigenvalue weighted by Gasteiger charge is -2.09. The molecule has 0 aliphatic heterocycles. The molecule has 2 rings (SSSR count). The molecule has 0 atom stereocenters. The van der Waals surface area contributed by atoms with Crippen LogP contribution in [0.25, 0.3) is 0 Å². The Labute approximate surface area is 116 Å². The van der Waals surface area contributed by atoms with Crippen LogP contribution in [-0.4, -0.2) is 7.05 Å². The van der Waals surface area contributed by atoms with Crippen LogP contribution in [0.3, 0.4) is 0 Å². The van der Waals surface area contributed by atoms with E-state index in [0.29, 0.717) is 6.61 Å². The van der Waals surface area contributed by atoms with Gasteiger partial charge in [0.05, 0.1) is 4.47 Å². The summed E-state index contributed by atoms with van der Waals surface area (Å²) in [6.07, 6.45) is 0. The Morgan fingerprint density at radius 3 is 2.61 bits per heavy atom. The molecule has 0 saturated carbocycles. The van der Waals surface area contributed by atoms with Crippen LogP contribution in [-0.2, 0) is 13.2 Å². The zero-order valence-corrected chi connectivity index (χ0v) is 11.9. The van der Waals surface area contributed by atoms with Crippen molar-refractivity contribution in [3.8, 4) is 5.75 Å². The summed E-state index contributed by atoms with van der Waals surface area (Å²) in [5, 5.41) is 3.15. The van der Waals surface area contributed by atoms with Gasteiger partial charge in [-0.15, -0.1) is 0 Å². The second-order valence-corrected chi connectivity index (χ2v) is 4.92. The Bertz CT molecular complexity index is 513. The van der Waals surface area contributed by atoms with Crippen LogP contribution in [0, 0.1) is 0 Å². The number of ether oxygens (including phenoxy) is 1. The van der Waals surface area contributed by atoms with Crippen LogP contribution in [0.1, 0.15) is 11.1 Å². The molecule has 2 aromatic rings. The first-order valence-electron chi connectivity index (χ1n) is 5.89. The molecular weight excluding hydrogens is 290 g/mol. The monoisotopic (exact) mass is 305 g/mol. The summed E-state index contributed by atoms with van der Waals surface area (Å²) in [5.74, 6) is 0.872. The summed E-state index contributed by atoms with van der Waals surface area (Å²) in [6.45, 7) is 1.46. The molecule has 0 aliphatic rings. The van der Waals surface area contributed by atoms with E-state index >= 15 is 0 Å². The van der Waals surface area contributed by atoms with Gasteiger partial charge < -0.3 is 10.1 Å². The fourth-order valence-corrected chi connectivity index (χ4v) is 2.16. The fourth-order valence-electron chi connectivity index (χ4n) is 1.76. The number of halogens is 1. The molecule has 94 valence electrons. The highest BCUT2D eigenvalue weighted by Gasteiger charge is 2.00. The second kappa shape index (κ2) is 6.57. The first-order chi connectivity index (χ1) is 8.79. The molecule has 0 aliphatic carbocycles. The number of hydrogen-bond donors (Lipinski definition) is 1. The second-order valence-electron chi connectivity index (χ2n) is 4.07. The van der Waals surface area contributed by atoms with Crippen LogP contribution < -0.4 is 10.1 Å². The average molecular weight is 306 g/mol. The summed E-state index contributed by atoms with van der Waals surface area (Å²) in [5.41, 5.74) is 2.45. The van der Waals surface area contributed by atoms with Crippen molar-refractivity contribution in [3.05, 3.63) is 64.1 Å². The van der Waals surface area contributed by atoms with E-state index in [9.17, 15) is 0 Å². The van der Waals surface area contributed by atoms with Crippen LogP contribution >= 0.6 is 15.9 Å². The van der Waals surface area contributed by atoms with Crippen molar-refractivity contribution >= 4 is 15.9 Å². The van der Waals surface area contributed by atoms with Crippen molar-refractivity contribution in [2.45, 2.75) is 13.2 Å². The van der Waals surface area contributed by atoms with E-state index in [1.807, 2.05) is 31.3 Å². The smallest absolute Gasteiger partial charge is 0.133 e. The zero-order chi connectivity index (χ0) is 12.8. The van der Waals surface area contributed by atoms with E-state index in [1.165, 1.54) is 11.1 Å². The molecule has 2 aromatic carbocycles. The highest BCUT2D eigenvalue weighted by molar-refractivity contribution is 9.10. The van der Waals surface area contributed by atoms with Crippen molar-refractivity contribution in [2.24, 2.45) is 0 Å². The third-order valence-electron chi connectivity index (χ3n) is 2.60. The lowest BCUT2D eigenvalue weighted by atomic mass is 10.1. The van der Waals surface area contributed by atoms with Crippen molar-refractivity contribution in [1.82, 2.24) is 5.32 Å². The van der Waals surface area contributed by atoms with Crippen molar-refractivity contribution < 1.29 is 4.74 Å². The molecule has 3 heteroatoms. The first kappa shape index (κ1) is 13.1. The third-order valence-corrected chi connectivity index (χ3v) is 3.26. The Balaban J connectivity index is 2.02. The van der Waals surface area contributed by atoms with Gasteiger partial charge in [0.1, 0.15) is 12.4 Å². The molecule has 0 bridgehead atoms. The van der Waals surface area contributed by atoms with Crippen LogP contribution in [0.2, 0.25) is 0 Å². The Hall–Kier alpha value is -1.32. The van der Waals surface area contributed by atoms with Crippen molar-refractivity contribution in [2.75, 3.05) is 7.05 Å². The SMILES string of the molecule is CNCc1cccc(COc2ccccc2Br)c1.